The number of carbonyl (C=O) groups excluding carboxylic acids is 2. The van der Waals surface area contributed by atoms with E-state index in [2.05, 4.69) is 4.72 Å². The Bertz CT molecular complexity index is 1090. The average Bonchev–Trinajstić information content (AvgIpc) is 3.52. The van der Waals surface area contributed by atoms with E-state index in [0.29, 0.717) is 25.9 Å². The van der Waals surface area contributed by atoms with Crippen molar-refractivity contribution in [3.05, 3.63) is 51.2 Å². The Balaban J connectivity index is 1.44. The summed E-state index contributed by atoms with van der Waals surface area (Å²) in [4.78, 5) is 29.6. The number of halogens is 1. The molecule has 1 N–H and O–H groups in total. The van der Waals surface area contributed by atoms with Crippen LogP contribution in [0.4, 0.5) is 0 Å². The van der Waals surface area contributed by atoms with E-state index in [9.17, 15) is 18.0 Å². The van der Waals surface area contributed by atoms with Crippen molar-refractivity contribution in [3.63, 3.8) is 0 Å². The zero-order chi connectivity index (χ0) is 22.7. The van der Waals surface area contributed by atoms with Crippen LogP contribution in [-0.2, 0) is 14.8 Å². The van der Waals surface area contributed by atoms with Crippen LogP contribution in [0.25, 0.3) is 0 Å². The van der Waals surface area contributed by atoms with Crippen LogP contribution in [0.15, 0.2) is 40.6 Å². The number of benzene rings is 1. The predicted molar refractivity (Wildman–Crippen MR) is 124 cm³/mol. The zero-order valence-corrected chi connectivity index (χ0v) is 20.0. The molecule has 0 bridgehead atoms. The summed E-state index contributed by atoms with van der Waals surface area (Å²) >= 11 is 7.92. The Morgan fingerprint density at radius 2 is 2.06 bits per heavy atom. The Hall–Kier alpha value is -1.94. The first kappa shape index (κ1) is 23.2. The van der Waals surface area contributed by atoms with Crippen LogP contribution in [0.5, 0.6) is 0 Å². The minimum atomic E-state index is -3.80. The van der Waals surface area contributed by atoms with Gasteiger partial charge in [-0.2, -0.15) is 0 Å². The van der Waals surface area contributed by atoms with Crippen LogP contribution in [0, 0.1) is 0 Å². The van der Waals surface area contributed by atoms with E-state index in [0.717, 1.165) is 30.7 Å². The molecule has 2 aliphatic heterocycles. The second-order valence-corrected chi connectivity index (χ2v) is 11.2. The van der Waals surface area contributed by atoms with Crippen LogP contribution in [-0.4, -0.2) is 56.2 Å². The molecule has 32 heavy (non-hydrogen) atoms. The van der Waals surface area contributed by atoms with E-state index >= 15 is 0 Å². The summed E-state index contributed by atoms with van der Waals surface area (Å²) < 4.78 is 28.2. The monoisotopic (exact) mass is 495 g/mol. The highest BCUT2D eigenvalue weighted by atomic mass is 35.5. The maximum absolute atomic E-state index is 13.3. The predicted octanol–water partition coefficient (Wildman–Crippen LogP) is 3.67. The van der Waals surface area contributed by atoms with Crippen molar-refractivity contribution >= 4 is 44.8 Å². The van der Waals surface area contributed by atoms with Gasteiger partial charge < -0.3 is 9.80 Å². The van der Waals surface area contributed by atoms with Crippen molar-refractivity contribution in [1.82, 2.24) is 14.5 Å². The summed E-state index contributed by atoms with van der Waals surface area (Å²) in [6.45, 7) is 2.09. The molecule has 0 saturated carbocycles. The fourth-order valence-electron chi connectivity index (χ4n) is 4.28. The minimum absolute atomic E-state index is 0.00868. The molecule has 2 amide bonds. The van der Waals surface area contributed by atoms with Crippen LogP contribution < -0.4 is 4.72 Å². The molecule has 2 saturated heterocycles. The Labute approximate surface area is 197 Å². The lowest BCUT2D eigenvalue weighted by atomic mass is 10.1. The van der Waals surface area contributed by atoms with Gasteiger partial charge in [0.1, 0.15) is 0 Å². The third-order valence-electron chi connectivity index (χ3n) is 5.93. The van der Waals surface area contributed by atoms with Crippen LogP contribution >= 0.6 is 22.9 Å². The number of rotatable bonds is 8. The highest BCUT2D eigenvalue weighted by Gasteiger charge is 2.32. The van der Waals surface area contributed by atoms with Gasteiger partial charge >= 0.3 is 0 Å². The van der Waals surface area contributed by atoms with Crippen molar-refractivity contribution in [3.8, 4) is 0 Å². The fraction of sp³-hybridized carbons (Fsp3) is 0.455. The van der Waals surface area contributed by atoms with Gasteiger partial charge in [0.2, 0.25) is 15.9 Å². The van der Waals surface area contributed by atoms with Crippen LogP contribution in [0.3, 0.4) is 0 Å². The second kappa shape index (κ2) is 9.91. The molecular weight excluding hydrogens is 470 g/mol. The molecule has 0 spiro atoms. The van der Waals surface area contributed by atoms with Gasteiger partial charge in [0.05, 0.1) is 21.5 Å². The molecule has 0 aliphatic carbocycles. The van der Waals surface area contributed by atoms with Gasteiger partial charge in [0, 0.05) is 37.5 Å². The normalized spacial score (nSPS) is 19.2. The molecule has 2 aromatic rings. The Kier molecular flexibility index (Phi) is 7.19. The standard InChI is InChI=1S/C22H26ClN3O4S2/c23-18-9-8-16(32(29,30)24-10-4-12-25-11-2-7-21(25)27)15-17(18)22(28)26-13-1-5-19(26)20-6-3-14-31-20/h3,6,8-9,14-15,19,24H,1-2,4-5,7,10-13H2. The molecule has 1 aromatic carbocycles. The molecule has 172 valence electrons. The molecule has 4 rings (SSSR count). The lowest BCUT2D eigenvalue weighted by Crippen LogP contribution is -2.32. The number of thiophene rings is 1. The number of likely N-dealkylation sites (tertiary alicyclic amines) is 2. The summed E-state index contributed by atoms with van der Waals surface area (Å²) in [5.74, 6) is -0.132. The van der Waals surface area contributed by atoms with Crippen molar-refractivity contribution < 1.29 is 18.0 Å². The van der Waals surface area contributed by atoms with Crippen molar-refractivity contribution in [2.45, 2.75) is 43.0 Å². The first-order valence-electron chi connectivity index (χ1n) is 10.8. The fourth-order valence-corrected chi connectivity index (χ4v) is 6.45. The van der Waals surface area contributed by atoms with Crippen molar-refractivity contribution in [2.24, 2.45) is 0 Å². The lowest BCUT2D eigenvalue weighted by Gasteiger charge is -2.24. The summed E-state index contributed by atoms with van der Waals surface area (Å²) in [6.07, 6.45) is 3.72. The van der Waals surface area contributed by atoms with E-state index in [1.807, 2.05) is 17.5 Å². The second-order valence-electron chi connectivity index (χ2n) is 8.05. The maximum Gasteiger partial charge on any atom is 0.255 e. The van der Waals surface area contributed by atoms with Gasteiger partial charge in [-0.1, -0.05) is 17.7 Å². The zero-order valence-electron chi connectivity index (χ0n) is 17.6. The quantitative estimate of drug-likeness (QED) is 0.566. The maximum atomic E-state index is 13.3. The number of amides is 2. The van der Waals surface area contributed by atoms with Gasteiger partial charge in [0.25, 0.3) is 5.91 Å². The number of sulfonamides is 1. The van der Waals surface area contributed by atoms with E-state index in [-0.39, 0.29) is 39.9 Å². The minimum Gasteiger partial charge on any atom is -0.343 e. The van der Waals surface area contributed by atoms with Crippen LogP contribution in [0.1, 0.15) is 53.4 Å². The van der Waals surface area contributed by atoms with Crippen LogP contribution in [0.2, 0.25) is 5.02 Å². The number of hydrogen-bond acceptors (Lipinski definition) is 5. The summed E-state index contributed by atoms with van der Waals surface area (Å²) in [5, 5.41) is 2.22. The molecule has 1 unspecified atom stereocenters. The van der Waals surface area contributed by atoms with Gasteiger partial charge in [-0.3, -0.25) is 9.59 Å². The van der Waals surface area contributed by atoms with E-state index in [1.165, 1.54) is 18.2 Å². The molecule has 7 nitrogen and oxygen atoms in total. The number of carbonyl (C=O) groups is 2. The summed E-state index contributed by atoms with van der Waals surface area (Å²) in [6, 6.07) is 8.20. The number of hydrogen-bond donors (Lipinski definition) is 1. The molecule has 10 heteroatoms. The van der Waals surface area contributed by atoms with Crippen molar-refractivity contribution in [2.75, 3.05) is 26.2 Å². The third kappa shape index (κ3) is 5.01. The first-order valence-corrected chi connectivity index (χ1v) is 13.5. The molecule has 0 radical (unpaired) electrons. The molecule has 1 aromatic heterocycles. The number of nitrogens with zero attached hydrogens (tertiary/aromatic N) is 2. The number of nitrogens with one attached hydrogen (secondary N) is 1. The molecular formula is C22H26ClN3O4S2. The van der Waals surface area contributed by atoms with E-state index < -0.39 is 10.0 Å². The summed E-state index contributed by atoms with van der Waals surface area (Å²) in [7, 11) is -3.80. The van der Waals surface area contributed by atoms with Crippen molar-refractivity contribution in [1.29, 1.82) is 0 Å². The highest BCUT2D eigenvalue weighted by molar-refractivity contribution is 7.89. The van der Waals surface area contributed by atoms with Gasteiger partial charge in [-0.15, -0.1) is 11.3 Å². The smallest absolute Gasteiger partial charge is 0.255 e. The van der Waals surface area contributed by atoms with E-state index in [1.54, 1.807) is 21.1 Å². The summed E-state index contributed by atoms with van der Waals surface area (Å²) in [5.41, 5.74) is 0.195. The Morgan fingerprint density at radius 1 is 1.22 bits per heavy atom. The Morgan fingerprint density at radius 3 is 2.78 bits per heavy atom. The van der Waals surface area contributed by atoms with Gasteiger partial charge in [-0.25, -0.2) is 13.1 Å². The lowest BCUT2D eigenvalue weighted by molar-refractivity contribution is -0.127. The molecule has 3 heterocycles. The molecule has 2 fully saturated rings. The third-order valence-corrected chi connectivity index (χ3v) is 8.69. The SMILES string of the molecule is O=C1CCCN1CCCNS(=O)(=O)c1ccc(Cl)c(C(=O)N2CCCC2c2cccs2)c1. The molecule has 2 aliphatic rings. The first-order chi connectivity index (χ1) is 15.4. The topological polar surface area (TPSA) is 86.8 Å². The van der Waals surface area contributed by atoms with E-state index in [4.69, 9.17) is 11.6 Å². The average molecular weight is 496 g/mol. The van der Waals surface area contributed by atoms with Gasteiger partial charge in [-0.05, 0) is 55.3 Å². The van der Waals surface area contributed by atoms with Gasteiger partial charge in [0.15, 0.2) is 0 Å². The molecule has 1 atom stereocenters. The largest absolute Gasteiger partial charge is 0.343 e. The highest BCUT2D eigenvalue weighted by Crippen LogP contribution is 2.36.